The predicted octanol–water partition coefficient (Wildman–Crippen LogP) is 3.98. The molecule has 0 amide bonds. The molecule has 1 saturated carbocycles. The van der Waals surface area contributed by atoms with Crippen LogP contribution in [-0.4, -0.2) is 19.2 Å². The first-order chi connectivity index (χ1) is 10.0. The summed E-state index contributed by atoms with van der Waals surface area (Å²) < 4.78 is 37.9. The van der Waals surface area contributed by atoms with E-state index < -0.39 is 11.6 Å². The molecule has 0 saturated heterocycles. The highest BCUT2D eigenvalue weighted by molar-refractivity contribution is 9.10. The maximum atomic E-state index is 13.8. The van der Waals surface area contributed by atoms with Gasteiger partial charge >= 0.3 is 5.97 Å². The van der Waals surface area contributed by atoms with E-state index in [1.807, 2.05) is 0 Å². The standard InChI is InChI=1S/C15H17BrF2O3/c1-20-15(19)9-2-4-10(5-3-9)21-8-11-13(17)7-6-12(16)14(11)18/h6-7,9-10H,2-5,8H2,1H3. The molecule has 0 unspecified atom stereocenters. The number of benzene rings is 1. The lowest BCUT2D eigenvalue weighted by Crippen LogP contribution is -2.27. The summed E-state index contributed by atoms with van der Waals surface area (Å²) in [5.74, 6) is -1.52. The van der Waals surface area contributed by atoms with Crippen LogP contribution >= 0.6 is 15.9 Å². The molecule has 0 bridgehead atoms. The van der Waals surface area contributed by atoms with E-state index in [4.69, 9.17) is 9.47 Å². The molecular weight excluding hydrogens is 346 g/mol. The number of carbonyl (C=O) groups is 1. The van der Waals surface area contributed by atoms with Crippen LogP contribution in [0.4, 0.5) is 8.78 Å². The number of rotatable bonds is 4. The third-order valence-electron chi connectivity index (χ3n) is 3.81. The zero-order chi connectivity index (χ0) is 15.4. The molecule has 0 radical (unpaired) electrons. The molecule has 1 aliphatic carbocycles. The van der Waals surface area contributed by atoms with Gasteiger partial charge in [-0.2, -0.15) is 0 Å². The summed E-state index contributed by atoms with van der Waals surface area (Å²) in [5.41, 5.74) is -0.0699. The van der Waals surface area contributed by atoms with Crippen molar-refractivity contribution in [3.63, 3.8) is 0 Å². The summed E-state index contributed by atoms with van der Waals surface area (Å²) in [6.45, 7) is -0.106. The largest absolute Gasteiger partial charge is 0.469 e. The average molecular weight is 363 g/mol. The van der Waals surface area contributed by atoms with Gasteiger partial charge in [-0.05, 0) is 53.7 Å². The average Bonchev–Trinajstić information content (AvgIpc) is 2.51. The van der Waals surface area contributed by atoms with Crippen molar-refractivity contribution in [2.45, 2.75) is 38.4 Å². The van der Waals surface area contributed by atoms with E-state index in [0.29, 0.717) is 25.7 Å². The van der Waals surface area contributed by atoms with Crippen LogP contribution in [0.15, 0.2) is 16.6 Å². The normalized spacial score (nSPS) is 22.1. The van der Waals surface area contributed by atoms with Crippen molar-refractivity contribution in [2.24, 2.45) is 5.92 Å². The summed E-state index contributed by atoms with van der Waals surface area (Å²) in [5, 5.41) is 0. The van der Waals surface area contributed by atoms with E-state index in [0.717, 1.165) is 0 Å². The number of hydrogen-bond donors (Lipinski definition) is 0. The Bertz CT molecular complexity index is 514. The Labute approximate surface area is 130 Å². The van der Waals surface area contributed by atoms with Crippen LogP contribution in [0, 0.1) is 17.6 Å². The highest BCUT2D eigenvalue weighted by atomic mass is 79.9. The second-order valence-electron chi connectivity index (χ2n) is 5.13. The highest BCUT2D eigenvalue weighted by Gasteiger charge is 2.27. The topological polar surface area (TPSA) is 35.5 Å². The van der Waals surface area contributed by atoms with Crippen molar-refractivity contribution < 1.29 is 23.0 Å². The maximum Gasteiger partial charge on any atom is 0.308 e. The second-order valence-corrected chi connectivity index (χ2v) is 5.98. The smallest absolute Gasteiger partial charge is 0.308 e. The Balaban J connectivity index is 1.88. The lowest BCUT2D eigenvalue weighted by Gasteiger charge is -2.27. The molecule has 1 aromatic rings. The minimum absolute atomic E-state index is 0.0699. The van der Waals surface area contributed by atoms with Crippen LogP contribution < -0.4 is 0 Å². The zero-order valence-corrected chi connectivity index (χ0v) is 13.3. The third-order valence-corrected chi connectivity index (χ3v) is 4.42. The molecule has 0 heterocycles. The van der Waals surface area contributed by atoms with Crippen LogP contribution in [0.5, 0.6) is 0 Å². The van der Waals surface area contributed by atoms with Gasteiger partial charge < -0.3 is 9.47 Å². The minimum atomic E-state index is -0.627. The Morgan fingerprint density at radius 2 is 1.95 bits per heavy atom. The monoisotopic (exact) mass is 362 g/mol. The number of hydrogen-bond acceptors (Lipinski definition) is 3. The number of esters is 1. The Morgan fingerprint density at radius 3 is 2.57 bits per heavy atom. The van der Waals surface area contributed by atoms with Crippen molar-refractivity contribution in [2.75, 3.05) is 7.11 Å². The first kappa shape index (κ1) is 16.4. The Kier molecular flexibility index (Phi) is 5.70. The summed E-state index contributed by atoms with van der Waals surface area (Å²) in [6.07, 6.45) is 2.67. The molecule has 3 nitrogen and oxygen atoms in total. The summed E-state index contributed by atoms with van der Waals surface area (Å²) in [6, 6.07) is 2.54. The van der Waals surface area contributed by atoms with Crippen molar-refractivity contribution in [3.05, 3.63) is 33.8 Å². The molecule has 1 aromatic carbocycles. The van der Waals surface area contributed by atoms with Crippen molar-refractivity contribution in [1.82, 2.24) is 0 Å². The van der Waals surface area contributed by atoms with Crippen molar-refractivity contribution in [1.29, 1.82) is 0 Å². The second kappa shape index (κ2) is 7.31. The number of ether oxygens (including phenoxy) is 2. The van der Waals surface area contributed by atoms with Crippen molar-refractivity contribution >= 4 is 21.9 Å². The van der Waals surface area contributed by atoms with Crippen molar-refractivity contribution in [3.8, 4) is 0 Å². The quantitative estimate of drug-likeness (QED) is 0.600. The number of carbonyl (C=O) groups excluding carboxylic acids is 1. The first-order valence-electron chi connectivity index (χ1n) is 6.84. The molecule has 0 spiro atoms. The zero-order valence-electron chi connectivity index (χ0n) is 11.7. The summed E-state index contributed by atoms with van der Waals surface area (Å²) >= 11 is 3.03. The van der Waals surface area contributed by atoms with Gasteiger partial charge in [0, 0.05) is 0 Å². The third kappa shape index (κ3) is 4.01. The predicted molar refractivity (Wildman–Crippen MR) is 76.6 cm³/mol. The fourth-order valence-electron chi connectivity index (χ4n) is 2.53. The van der Waals surface area contributed by atoms with Gasteiger partial charge in [0.2, 0.25) is 0 Å². The summed E-state index contributed by atoms with van der Waals surface area (Å²) in [4.78, 5) is 11.4. The van der Waals surface area contributed by atoms with Gasteiger partial charge in [0.1, 0.15) is 11.6 Å². The van der Waals surface area contributed by atoms with Gasteiger partial charge in [-0.3, -0.25) is 4.79 Å². The maximum absolute atomic E-state index is 13.8. The van der Waals surface area contributed by atoms with E-state index in [-0.39, 0.29) is 34.6 Å². The van der Waals surface area contributed by atoms with E-state index in [2.05, 4.69) is 15.9 Å². The summed E-state index contributed by atoms with van der Waals surface area (Å²) in [7, 11) is 1.38. The lowest BCUT2D eigenvalue weighted by molar-refractivity contribution is -0.147. The fourth-order valence-corrected chi connectivity index (χ4v) is 2.91. The fraction of sp³-hybridized carbons (Fsp3) is 0.533. The van der Waals surface area contributed by atoms with Crippen LogP contribution in [0.2, 0.25) is 0 Å². The first-order valence-corrected chi connectivity index (χ1v) is 7.64. The van der Waals surface area contributed by atoms with Gasteiger partial charge in [-0.15, -0.1) is 0 Å². The van der Waals surface area contributed by atoms with E-state index >= 15 is 0 Å². The van der Waals surface area contributed by atoms with E-state index in [1.165, 1.54) is 19.2 Å². The number of methoxy groups -OCH3 is 1. The molecular formula is C15H17BrF2O3. The molecule has 1 fully saturated rings. The van der Waals surface area contributed by atoms with E-state index in [9.17, 15) is 13.6 Å². The minimum Gasteiger partial charge on any atom is -0.469 e. The number of halogens is 3. The van der Waals surface area contributed by atoms with E-state index in [1.54, 1.807) is 0 Å². The van der Waals surface area contributed by atoms with Crippen LogP contribution in [-0.2, 0) is 20.9 Å². The van der Waals surface area contributed by atoms with Gasteiger partial charge in [0.25, 0.3) is 0 Å². The Morgan fingerprint density at radius 1 is 1.29 bits per heavy atom. The molecule has 0 N–H and O–H groups in total. The lowest BCUT2D eigenvalue weighted by atomic mass is 9.87. The molecule has 2 rings (SSSR count). The molecule has 0 aliphatic heterocycles. The van der Waals surface area contributed by atoms with Gasteiger partial charge in [-0.25, -0.2) is 8.78 Å². The van der Waals surface area contributed by atoms with Gasteiger partial charge in [0.15, 0.2) is 0 Å². The SMILES string of the molecule is COC(=O)C1CCC(OCc2c(F)ccc(Br)c2F)CC1. The van der Waals surface area contributed by atoms with Gasteiger partial charge in [0.05, 0.1) is 35.8 Å². The molecule has 21 heavy (non-hydrogen) atoms. The Hall–Kier alpha value is -1.01. The molecule has 0 atom stereocenters. The highest BCUT2D eigenvalue weighted by Crippen LogP contribution is 2.29. The molecule has 0 aromatic heterocycles. The van der Waals surface area contributed by atoms with Crippen LogP contribution in [0.3, 0.4) is 0 Å². The van der Waals surface area contributed by atoms with Gasteiger partial charge in [-0.1, -0.05) is 0 Å². The molecule has 1 aliphatic rings. The molecule has 6 heteroatoms. The molecule has 116 valence electrons. The van der Waals surface area contributed by atoms with Crippen LogP contribution in [0.1, 0.15) is 31.2 Å². The van der Waals surface area contributed by atoms with Crippen LogP contribution in [0.25, 0.3) is 0 Å².